The van der Waals surface area contributed by atoms with Crippen LogP contribution in [0.3, 0.4) is 0 Å². The summed E-state index contributed by atoms with van der Waals surface area (Å²) in [5.74, 6) is 1.69. The molecule has 0 saturated carbocycles. The molecular weight excluding hydrogens is 272 g/mol. The molecule has 0 spiro atoms. The average Bonchev–Trinajstić information content (AvgIpc) is 2.90. The fourth-order valence-electron chi connectivity index (χ4n) is 2.47. The van der Waals surface area contributed by atoms with Crippen LogP contribution in [0.5, 0.6) is 17.2 Å². The summed E-state index contributed by atoms with van der Waals surface area (Å²) in [7, 11) is 4.59. The molecule has 0 radical (unpaired) electrons. The Bertz CT molecular complexity index is 493. The van der Waals surface area contributed by atoms with Gasteiger partial charge in [0.15, 0.2) is 11.5 Å². The second-order valence-electron chi connectivity index (χ2n) is 5.13. The van der Waals surface area contributed by atoms with Crippen molar-refractivity contribution in [1.82, 2.24) is 10.6 Å². The lowest BCUT2D eigenvalue weighted by atomic mass is 10.1. The van der Waals surface area contributed by atoms with Crippen molar-refractivity contribution in [2.75, 3.05) is 34.4 Å². The van der Waals surface area contributed by atoms with E-state index in [1.807, 2.05) is 0 Å². The lowest BCUT2D eigenvalue weighted by Crippen LogP contribution is -2.39. The van der Waals surface area contributed by atoms with Crippen molar-refractivity contribution in [1.29, 1.82) is 0 Å². The van der Waals surface area contributed by atoms with Crippen LogP contribution in [0.2, 0.25) is 0 Å². The van der Waals surface area contributed by atoms with E-state index in [1.165, 1.54) is 21.3 Å². The first-order chi connectivity index (χ1) is 10.1. The van der Waals surface area contributed by atoms with Gasteiger partial charge in [0.1, 0.15) is 0 Å². The van der Waals surface area contributed by atoms with Crippen molar-refractivity contribution < 1.29 is 19.0 Å². The second kappa shape index (κ2) is 6.67. The molecule has 21 heavy (non-hydrogen) atoms. The first-order valence-corrected chi connectivity index (χ1v) is 6.92. The van der Waals surface area contributed by atoms with Gasteiger partial charge in [-0.3, -0.25) is 4.79 Å². The Morgan fingerprint density at radius 3 is 2.19 bits per heavy atom. The highest BCUT2D eigenvalue weighted by atomic mass is 16.5. The van der Waals surface area contributed by atoms with E-state index < -0.39 is 0 Å². The molecule has 1 amide bonds. The molecule has 1 aromatic rings. The molecule has 1 aliphatic heterocycles. The van der Waals surface area contributed by atoms with E-state index >= 15 is 0 Å². The van der Waals surface area contributed by atoms with Crippen LogP contribution in [-0.2, 0) is 0 Å². The third-order valence-electron chi connectivity index (χ3n) is 3.76. The smallest absolute Gasteiger partial charge is 0.251 e. The molecule has 1 aromatic carbocycles. The van der Waals surface area contributed by atoms with Gasteiger partial charge in [0.2, 0.25) is 5.75 Å². The molecule has 6 nitrogen and oxygen atoms in total. The number of rotatable bonds is 5. The lowest BCUT2D eigenvalue weighted by molar-refractivity contribution is 0.0932. The van der Waals surface area contributed by atoms with Gasteiger partial charge in [-0.25, -0.2) is 0 Å². The highest BCUT2D eigenvalue weighted by Crippen LogP contribution is 2.38. The molecule has 2 N–H and O–H groups in total. The fourth-order valence-corrected chi connectivity index (χ4v) is 2.47. The minimum Gasteiger partial charge on any atom is -0.493 e. The fraction of sp³-hybridized carbons (Fsp3) is 0.533. The van der Waals surface area contributed by atoms with Crippen molar-refractivity contribution in [3.63, 3.8) is 0 Å². The number of carbonyl (C=O) groups excluding carboxylic acids is 1. The van der Waals surface area contributed by atoms with E-state index in [9.17, 15) is 4.79 Å². The van der Waals surface area contributed by atoms with Crippen molar-refractivity contribution >= 4 is 5.91 Å². The summed E-state index contributed by atoms with van der Waals surface area (Å²) in [5.41, 5.74) is 0.489. The first-order valence-electron chi connectivity index (χ1n) is 6.92. The van der Waals surface area contributed by atoms with E-state index in [0.29, 0.717) is 28.7 Å². The number of hydrogen-bond donors (Lipinski definition) is 2. The van der Waals surface area contributed by atoms with E-state index in [2.05, 4.69) is 17.6 Å². The van der Waals surface area contributed by atoms with E-state index in [0.717, 1.165) is 13.1 Å². The molecule has 2 rings (SSSR count). The van der Waals surface area contributed by atoms with Crippen LogP contribution in [0.4, 0.5) is 0 Å². The zero-order valence-corrected chi connectivity index (χ0v) is 12.9. The van der Waals surface area contributed by atoms with Gasteiger partial charge in [0.25, 0.3) is 5.91 Å². The summed E-state index contributed by atoms with van der Waals surface area (Å²) in [6.45, 7) is 3.82. The highest BCUT2D eigenvalue weighted by Gasteiger charge is 2.25. The topological polar surface area (TPSA) is 68.8 Å². The maximum Gasteiger partial charge on any atom is 0.251 e. The van der Waals surface area contributed by atoms with Crippen molar-refractivity contribution in [2.45, 2.75) is 13.0 Å². The number of hydrogen-bond acceptors (Lipinski definition) is 5. The maximum atomic E-state index is 12.4. The lowest BCUT2D eigenvalue weighted by Gasteiger charge is -2.18. The van der Waals surface area contributed by atoms with Gasteiger partial charge in [0, 0.05) is 18.2 Å². The van der Waals surface area contributed by atoms with Gasteiger partial charge in [-0.1, -0.05) is 6.92 Å². The SMILES string of the molecule is COc1cc(C(=O)NC2CNCC2C)cc(OC)c1OC. The quantitative estimate of drug-likeness (QED) is 0.849. The van der Waals surface area contributed by atoms with Gasteiger partial charge >= 0.3 is 0 Å². The van der Waals surface area contributed by atoms with Crippen LogP contribution in [-0.4, -0.2) is 46.4 Å². The molecule has 2 atom stereocenters. The normalized spacial score (nSPS) is 21.0. The Labute approximate surface area is 124 Å². The Kier molecular flexibility index (Phi) is 4.90. The van der Waals surface area contributed by atoms with Crippen LogP contribution in [0.1, 0.15) is 17.3 Å². The predicted molar refractivity (Wildman–Crippen MR) is 79.4 cm³/mol. The van der Waals surface area contributed by atoms with Crippen LogP contribution >= 0.6 is 0 Å². The molecule has 116 valence electrons. The largest absolute Gasteiger partial charge is 0.493 e. The molecule has 1 fully saturated rings. The zero-order chi connectivity index (χ0) is 15.4. The van der Waals surface area contributed by atoms with Gasteiger partial charge < -0.3 is 24.8 Å². The number of nitrogens with one attached hydrogen (secondary N) is 2. The summed E-state index contributed by atoms with van der Waals surface area (Å²) in [5, 5.41) is 6.29. The number of ether oxygens (including phenoxy) is 3. The highest BCUT2D eigenvalue weighted by molar-refractivity contribution is 5.95. The van der Waals surface area contributed by atoms with Crippen LogP contribution < -0.4 is 24.8 Å². The number of carbonyl (C=O) groups is 1. The summed E-state index contributed by atoms with van der Waals surface area (Å²) in [6.07, 6.45) is 0. The molecule has 6 heteroatoms. The maximum absolute atomic E-state index is 12.4. The van der Waals surface area contributed by atoms with Gasteiger partial charge in [-0.15, -0.1) is 0 Å². The standard InChI is InChI=1S/C15H22N2O4/c1-9-7-16-8-11(9)17-15(18)10-5-12(19-2)14(21-4)13(6-10)20-3/h5-6,9,11,16H,7-8H2,1-4H3,(H,17,18). The molecular formula is C15H22N2O4. The van der Waals surface area contributed by atoms with Crippen molar-refractivity contribution in [3.05, 3.63) is 17.7 Å². The summed E-state index contributed by atoms with van der Waals surface area (Å²) in [6, 6.07) is 3.45. The number of amides is 1. The average molecular weight is 294 g/mol. The Morgan fingerprint density at radius 2 is 1.76 bits per heavy atom. The van der Waals surface area contributed by atoms with Gasteiger partial charge in [-0.2, -0.15) is 0 Å². The van der Waals surface area contributed by atoms with Crippen LogP contribution in [0.15, 0.2) is 12.1 Å². The van der Waals surface area contributed by atoms with E-state index in [4.69, 9.17) is 14.2 Å². The van der Waals surface area contributed by atoms with Gasteiger partial charge in [-0.05, 0) is 24.6 Å². The number of methoxy groups -OCH3 is 3. The molecule has 1 aliphatic rings. The Morgan fingerprint density at radius 1 is 1.14 bits per heavy atom. The van der Waals surface area contributed by atoms with Crippen molar-refractivity contribution in [3.8, 4) is 17.2 Å². The van der Waals surface area contributed by atoms with E-state index in [1.54, 1.807) is 12.1 Å². The minimum absolute atomic E-state index is 0.136. The first kappa shape index (κ1) is 15.4. The Hall–Kier alpha value is -1.95. The molecule has 0 aromatic heterocycles. The molecule has 0 bridgehead atoms. The Balaban J connectivity index is 2.24. The van der Waals surface area contributed by atoms with Crippen LogP contribution in [0.25, 0.3) is 0 Å². The van der Waals surface area contributed by atoms with Crippen LogP contribution in [0, 0.1) is 5.92 Å². The number of benzene rings is 1. The third-order valence-corrected chi connectivity index (χ3v) is 3.76. The molecule has 1 saturated heterocycles. The summed E-state index contributed by atoms with van der Waals surface area (Å²) < 4.78 is 15.8. The summed E-state index contributed by atoms with van der Waals surface area (Å²) >= 11 is 0. The predicted octanol–water partition coefficient (Wildman–Crippen LogP) is 1.05. The van der Waals surface area contributed by atoms with E-state index in [-0.39, 0.29) is 11.9 Å². The monoisotopic (exact) mass is 294 g/mol. The molecule has 2 unspecified atom stereocenters. The third kappa shape index (κ3) is 3.21. The van der Waals surface area contributed by atoms with Gasteiger partial charge in [0.05, 0.1) is 21.3 Å². The molecule has 1 heterocycles. The summed E-state index contributed by atoms with van der Waals surface area (Å²) in [4.78, 5) is 12.4. The minimum atomic E-state index is -0.144. The molecule has 0 aliphatic carbocycles. The zero-order valence-electron chi connectivity index (χ0n) is 12.9. The van der Waals surface area contributed by atoms with Crippen molar-refractivity contribution in [2.24, 2.45) is 5.92 Å². The second-order valence-corrected chi connectivity index (χ2v) is 5.13.